The summed E-state index contributed by atoms with van der Waals surface area (Å²) in [6.45, 7) is 2.23. The number of ether oxygens (including phenoxy) is 1. The van der Waals surface area contributed by atoms with Crippen molar-refractivity contribution in [1.82, 2.24) is 4.98 Å². The third-order valence-corrected chi connectivity index (χ3v) is 2.96. The SMILES string of the molecule is CCOC(=O)C[C@H](c1ccccc1)c1cccnc1. The second kappa shape index (κ2) is 6.69. The van der Waals surface area contributed by atoms with Crippen LogP contribution in [0.3, 0.4) is 0 Å². The van der Waals surface area contributed by atoms with Crippen molar-refractivity contribution in [2.75, 3.05) is 6.61 Å². The maximum atomic E-state index is 11.8. The monoisotopic (exact) mass is 255 g/mol. The zero-order chi connectivity index (χ0) is 13.5. The standard InChI is InChI=1S/C16H17NO2/c1-2-19-16(18)11-15(13-7-4-3-5-8-13)14-9-6-10-17-12-14/h3-10,12,15H,2,11H2,1H3/t15-/m1/s1. The van der Waals surface area contributed by atoms with Crippen LogP contribution in [0.5, 0.6) is 0 Å². The first kappa shape index (κ1) is 13.3. The van der Waals surface area contributed by atoms with E-state index in [0.717, 1.165) is 11.1 Å². The van der Waals surface area contributed by atoms with Crippen LogP contribution in [0.1, 0.15) is 30.4 Å². The van der Waals surface area contributed by atoms with Crippen molar-refractivity contribution >= 4 is 5.97 Å². The van der Waals surface area contributed by atoms with E-state index in [9.17, 15) is 4.79 Å². The van der Waals surface area contributed by atoms with Gasteiger partial charge >= 0.3 is 5.97 Å². The minimum atomic E-state index is -0.180. The molecule has 19 heavy (non-hydrogen) atoms. The number of aromatic nitrogens is 1. The van der Waals surface area contributed by atoms with Crippen molar-refractivity contribution in [1.29, 1.82) is 0 Å². The van der Waals surface area contributed by atoms with Gasteiger partial charge < -0.3 is 4.74 Å². The summed E-state index contributed by atoms with van der Waals surface area (Å²) < 4.78 is 5.06. The molecule has 0 unspecified atom stereocenters. The Bertz CT molecular complexity index is 471. The molecular formula is C16H17NO2. The summed E-state index contributed by atoms with van der Waals surface area (Å²) >= 11 is 0. The number of hydrogen-bond donors (Lipinski definition) is 0. The molecule has 0 aliphatic heterocycles. The molecule has 3 nitrogen and oxygen atoms in total. The highest BCUT2D eigenvalue weighted by atomic mass is 16.5. The molecule has 0 aliphatic carbocycles. The van der Waals surface area contributed by atoms with Gasteiger partial charge in [0.15, 0.2) is 0 Å². The van der Waals surface area contributed by atoms with Gasteiger partial charge in [-0.3, -0.25) is 9.78 Å². The van der Waals surface area contributed by atoms with Gasteiger partial charge in [0.1, 0.15) is 0 Å². The van der Waals surface area contributed by atoms with Gasteiger partial charge in [0, 0.05) is 18.3 Å². The van der Waals surface area contributed by atoms with E-state index in [-0.39, 0.29) is 11.9 Å². The summed E-state index contributed by atoms with van der Waals surface area (Å²) in [4.78, 5) is 15.9. The molecule has 1 atom stereocenters. The molecule has 1 aromatic heterocycles. The predicted octanol–water partition coefficient (Wildman–Crippen LogP) is 3.17. The van der Waals surface area contributed by atoms with Crippen LogP contribution in [-0.4, -0.2) is 17.6 Å². The summed E-state index contributed by atoms with van der Waals surface area (Å²) in [6.07, 6.45) is 3.87. The topological polar surface area (TPSA) is 39.2 Å². The Morgan fingerprint density at radius 3 is 2.53 bits per heavy atom. The number of rotatable bonds is 5. The van der Waals surface area contributed by atoms with Crippen LogP contribution < -0.4 is 0 Å². The summed E-state index contributed by atoms with van der Waals surface area (Å²) in [5.41, 5.74) is 2.13. The van der Waals surface area contributed by atoms with Gasteiger partial charge in [0.25, 0.3) is 0 Å². The normalized spacial score (nSPS) is 11.8. The summed E-state index contributed by atoms with van der Waals surface area (Å²) in [7, 11) is 0. The van der Waals surface area contributed by atoms with Crippen molar-refractivity contribution in [2.45, 2.75) is 19.3 Å². The van der Waals surface area contributed by atoms with Crippen molar-refractivity contribution in [3.05, 3.63) is 66.0 Å². The summed E-state index contributed by atoms with van der Waals surface area (Å²) in [6, 6.07) is 13.8. The molecular weight excluding hydrogens is 238 g/mol. The van der Waals surface area contributed by atoms with Crippen LogP contribution in [0.2, 0.25) is 0 Å². The Labute approximate surface area is 113 Å². The molecule has 0 fully saturated rings. The van der Waals surface area contributed by atoms with Crippen LogP contribution in [0.4, 0.5) is 0 Å². The number of hydrogen-bond acceptors (Lipinski definition) is 3. The average molecular weight is 255 g/mol. The van der Waals surface area contributed by atoms with E-state index in [2.05, 4.69) is 4.98 Å². The Morgan fingerprint density at radius 1 is 1.16 bits per heavy atom. The van der Waals surface area contributed by atoms with Crippen LogP contribution in [0, 0.1) is 0 Å². The number of carbonyl (C=O) groups is 1. The third-order valence-electron chi connectivity index (χ3n) is 2.96. The number of esters is 1. The molecule has 0 spiro atoms. The molecule has 3 heteroatoms. The van der Waals surface area contributed by atoms with Gasteiger partial charge in [-0.25, -0.2) is 0 Å². The Kier molecular flexibility index (Phi) is 4.67. The molecule has 0 N–H and O–H groups in total. The van der Waals surface area contributed by atoms with Gasteiger partial charge in [-0.2, -0.15) is 0 Å². The maximum Gasteiger partial charge on any atom is 0.306 e. The van der Waals surface area contributed by atoms with Crippen molar-refractivity contribution in [3.63, 3.8) is 0 Å². The highest BCUT2D eigenvalue weighted by molar-refractivity contribution is 5.71. The molecule has 1 aromatic carbocycles. The second-order valence-electron chi connectivity index (χ2n) is 4.26. The third kappa shape index (κ3) is 3.65. The van der Waals surface area contributed by atoms with E-state index in [0.29, 0.717) is 13.0 Å². The van der Waals surface area contributed by atoms with Gasteiger partial charge in [0.05, 0.1) is 13.0 Å². The minimum absolute atomic E-state index is 0.00560. The number of nitrogens with zero attached hydrogens (tertiary/aromatic N) is 1. The maximum absolute atomic E-state index is 11.8. The zero-order valence-corrected chi connectivity index (χ0v) is 11.0. The highest BCUT2D eigenvalue weighted by Crippen LogP contribution is 2.27. The molecule has 0 amide bonds. The van der Waals surface area contributed by atoms with Gasteiger partial charge in [-0.15, -0.1) is 0 Å². The smallest absolute Gasteiger partial charge is 0.306 e. The predicted molar refractivity (Wildman–Crippen MR) is 73.8 cm³/mol. The first-order valence-corrected chi connectivity index (χ1v) is 6.41. The fraction of sp³-hybridized carbons (Fsp3) is 0.250. The van der Waals surface area contributed by atoms with E-state index in [1.54, 1.807) is 12.4 Å². The Hall–Kier alpha value is -2.16. The van der Waals surface area contributed by atoms with E-state index < -0.39 is 0 Å². The zero-order valence-electron chi connectivity index (χ0n) is 11.0. The summed E-state index contributed by atoms with van der Waals surface area (Å²) in [5, 5.41) is 0. The van der Waals surface area contributed by atoms with Crippen molar-refractivity contribution < 1.29 is 9.53 Å². The van der Waals surface area contributed by atoms with Crippen LogP contribution in [0.25, 0.3) is 0 Å². The van der Waals surface area contributed by atoms with E-state index in [1.807, 2.05) is 49.4 Å². The molecule has 2 aromatic rings. The van der Waals surface area contributed by atoms with Gasteiger partial charge in [-0.05, 0) is 24.1 Å². The number of pyridine rings is 1. The number of carbonyl (C=O) groups excluding carboxylic acids is 1. The van der Waals surface area contributed by atoms with Crippen LogP contribution >= 0.6 is 0 Å². The quantitative estimate of drug-likeness (QED) is 0.770. The molecule has 0 saturated heterocycles. The van der Waals surface area contributed by atoms with Gasteiger partial charge in [0.2, 0.25) is 0 Å². The molecule has 1 heterocycles. The fourth-order valence-corrected chi connectivity index (χ4v) is 2.08. The lowest BCUT2D eigenvalue weighted by Crippen LogP contribution is -2.11. The number of benzene rings is 1. The van der Waals surface area contributed by atoms with E-state index >= 15 is 0 Å². The van der Waals surface area contributed by atoms with Crippen LogP contribution in [-0.2, 0) is 9.53 Å². The average Bonchev–Trinajstić information content (AvgIpc) is 2.47. The minimum Gasteiger partial charge on any atom is -0.466 e. The molecule has 2 rings (SSSR count). The first-order valence-electron chi connectivity index (χ1n) is 6.41. The highest BCUT2D eigenvalue weighted by Gasteiger charge is 2.18. The lowest BCUT2D eigenvalue weighted by Gasteiger charge is -2.16. The fourth-order valence-electron chi connectivity index (χ4n) is 2.08. The van der Waals surface area contributed by atoms with E-state index in [4.69, 9.17) is 4.74 Å². The molecule has 98 valence electrons. The van der Waals surface area contributed by atoms with Gasteiger partial charge in [-0.1, -0.05) is 36.4 Å². The Morgan fingerprint density at radius 2 is 1.89 bits per heavy atom. The second-order valence-corrected chi connectivity index (χ2v) is 4.26. The van der Waals surface area contributed by atoms with Crippen molar-refractivity contribution in [2.24, 2.45) is 0 Å². The first-order chi connectivity index (χ1) is 9.31. The van der Waals surface area contributed by atoms with Crippen LogP contribution in [0.15, 0.2) is 54.9 Å². The molecule has 0 saturated carbocycles. The molecule has 0 aliphatic rings. The summed E-state index contributed by atoms with van der Waals surface area (Å²) in [5.74, 6) is -0.186. The lowest BCUT2D eigenvalue weighted by atomic mass is 9.89. The largest absolute Gasteiger partial charge is 0.466 e. The Balaban J connectivity index is 2.26. The van der Waals surface area contributed by atoms with Crippen molar-refractivity contribution in [3.8, 4) is 0 Å². The molecule has 0 radical (unpaired) electrons. The van der Waals surface area contributed by atoms with E-state index in [1.165, 1.54) is 0 Å². The lowest BCUT2D eigenvalue weighted by molar-refractivity contribution is -0.143. The molecule has 0 bridgehead atoms.